The largest absolute Gasteiger partial charge is 0.309 e. The number of benzene rings is 11. The fourth-order valence-corrected chi connectivity index (χ4v) is 11.4. The highest BCUT2D eigenvalue weighted by Crippen LogP contribution is 2.43. The van der Waals surface area contributed by atoms with Crippen molar-refractivity contribution in [1.82, 2.24) is 28.7 Å². The quantitative estimate of drug-likeness (QED) is 0.152. The van der Waals surface area contributed by atoms with Crippen LogP contribution in [0.5, 0.6) is 0 Å². The molecule has 0 N–H and O–H groups in total. The second-order valence-electron chi connectivity index (χ2n) is 19.2. The van der Waals surface area contributed by atoms with Crippen molar-refractivity contribution in [3.63, 3.8) is 0 Å². The second kappa shape index (κ2) is 17.3. The van der Waals surface area contributed by atoms with E-state index in [4.69, 9.17) is 15.0 Å². The first kappa shape index (κ1) is 42.5. The summed E-state index contributed by atoms with van der Waals surface area (Å²) in [5, 5.41) is 6.93. The molecule has 0 radical (unpaired) electrons. The minimum Gasteiger partial charge on any atom is -0.309 e. The van der Waals surface area contributed by atoms with Crippen LogP contribution in [-0.2, 0) is 0 Å². The van der Waals surface area contributed by atoms with E-state index in [1.165, 1.54) is 27.3 Å². The van der Waals surface area contributed by atoms with Gasteiger partial charge >= 0.3 is 0 Å². The maximum atomic E-state index is 5.52. The first-order valence-corrected chi connectivity index (χ1v) is 25.4. The number of hydrogen-bond acceptors (Lipinski definition) is 3. The van der Waals surface area contributed by atoms with E-state index in [1.807, 2.05) is 18.2 Å². The zero-order chi connectivity index (χ0) is 49.4. The molecule has 4 heterocycles. The Balaban J connectivity index is 0.998. The lowest BCUT2D eigenvalue weighted by Gasteiger charge is -2.14. The van der Waals surface area contributed by atoms with Gasteiger partial charge in [0.1, 0.15) is 0 Å². The summed E-state index contributed by atoms with van der Waals surface area (Å²) in [6.07, 6.45) is 0. The van der Waals surface area contributed by atoms with Crippen molar-refractivity contribution < 1.29 is 0 Å². The van der Waals surface area contributed by atoms with Crippen molar-refractivity contribution in [3.05, 3.63) is 267 Å². The smallest absolute Gasteiger partial charge is 0.238 e. The molecule has 15 aromatic rings. The summed E-state index contributed by atoms with van der Waals surface area (Å²) in [6.45, 7) is 0. The monoisotopic (exact) mass is 956 g/mol. The van der Waals surface area contributed by atoms with E-state index < -0.39 is 0 Å². The Kier molecular flexibility index (Phi) is 9.78. The number of aromatic nitrogens is 6. The van der Waals surface area contributed by atoms with Crippen molar-refractivity contribution in [2.45, 2.75) is 0 Å². The molecule has 0 saturated carbocycles. The highest BCUT2D eigenvalue weighted by molar-refractivity contribution is 6.24. The van der Waals surface area contributed by atoms with Crippen molar-refractivity contribution in [1.29, 1.82) is 0 Å². The van der Waals surface area contributed by atoms with Crippen LogP contribution in [0.1, 0.15) is 0 Å². The number of nitrogens with zero attached hydrogens (tertiary/aromatic N) is 6. The molecule has 0 amide bonds. The van der Waals surface area contributed by atoms with Gasteiger partial charge in [0.25, 0.3) is 0 Å². The van der Waals surface area contributed by atoms with E-state index in [9.17, 15) is 0 Å². The molecule has 6 nitrogen and oxygen atoms in total. The van der Waals surface area contributed by atoms with Gasteiger partial charge in [0.2, 0.25) is 5.95 Å². The zero-order valence-electron chi connectivity index (χ0n) is 40.6. The molecule has 11 aromatic carbocycles. The number of para-hydroxylation sites is 3. The van der Waals surface area contributed by atoms with E-state index in [0.29, 0.717) is 17.6 Å². The Labute approximate surface area is 432 Å². The van der Waals surface area contributed by atoms with Crippen LogP contribution in [0.4, 0.5) is 0 Å². The molecule has 0 bridgehead atoms. The second-order valence-corrected chi connectivity index (χ2v) is 19.2. The van der Waals surface area contributed by atoms with E-state index in [2.05, 4.69) is 262 Å². The van der Waals surface area contributed by atoms with E-state index >= 15 is 0 Å². The van der Waals surface area contributed by atoms with Crippen molar-refractivity contribution in [2.24, 2.45) is 0 Å². The third-order valence-corrected chi connectivity index (χ3v) is 14.9. The van der Waals surface area contributed by atoms with Gasteiger partial charge < -0.3 is 9.13 Å². The SMILES string of the molecule is c1ccc(-c2ccc(-c3ccc(-c4nc(-c5ccccc5)nc(-n5c6ccc(-n7c8ccccc8c8ccccc87)cc6c6ccc7c8ccccc8n(-c8cccc(-c9ccccc9)c8)c7c65)n4)cc3)cc2)cc1. The molecule has 0 unspecified atom stereocenters. The topological polar surface area (TPSA) is 53.5 Å². The lowest BCUT2D eigenvalue weighted by Crippen LogP contribution is -2.07. The normalized spacial score (nSPS) is 11.7. The minimum absolute atomic E-state index is 0.534. The number of hydrogen-bond donors (Lipinski definition) is 0. The molecule has 0 fully saturated rings. The third-order valence-electron chi connectivity index (χ3n) is 14.9. The maximum Gasteiger partial charge on any atom is 0.238 e. The summed E-state index contributed by atoms with van der Waals surface area (Å²) in [6, 6.07) is 95.3. The molecule has 0 saturated heterocycles. The Morgan fingerprint density at radius 2 is 0.600 bits per heavy atom. The third kappa shape index (κ3) is 6.99. The average Bonchev–Trinajstić information content (AvgIpc) is 4.15. The summed E-state index contributed by atoms with van der Waals surface area (Å²) >= 11 is 0. The summed E-state index contributed by atoms with van der Waals surface area (Å²) in [7, 11) is 0. The van der Waals surface area contributed by atoms with Gasteiger partial charge in [-0.25, -0.2) is 4.98 Å². The predicted octanol–water partition coefficient (Wildman–Crippen LogP) is 17.5. The molecule has 75 heavy (non-hydrogen) atoms. The van der Waals surface area contributed by atoms with Gasteiger partial charge in [-0.15, -0.1) is 0 Å². The molecule has 0 aliphatic carbocycles. The van der Waals surface area contributed by atoms with Crippen molar-refractivity contribution in [2.75, 3.05) is 0 Å². The summed E-state index contributed by atoms with van der Waals surface area (Å²) in [5.74, 6) is 1.72. The molecule has 0 spiro atoms. The van der Waals surface area contributed by atoms with Crippen LogP contribution in [0.15, 0.2) is 267 Å². The molecule has 0 aliphatic heterocycles. The van der Waals surface area contributed by atoms with Crippen LogP contribution in [0.25, 0.3) is 139 Å². The van der Waals surface area contributed by atoms with Crippen LogP contribution in [-0.4, -0.2) is 28.7 Å². The van der Waals surface area contributed by atoms with Gasteiger partial charge in [0.15, 0.2) is 11.6 Å². The molecule has 15 rings (SSSR count). The number of rotatable bonds is 8. The lowest BCUT2D eigenvalue weighted by atomic mass is 9.99. The zero-order valence-corrected chi connectivity index (χ0v) is 40.6. The lowest BCUT2D eigenvalue weighted by molar-refractivity contribution is 0.953. The van der Waals surface area contributed by atoms with Crippen LogP contribution in [0.2, 0.25) is 0 Å². The van der Waals surface area contributed by atoms with Gasteiger partial charge in [-0.1, -0.05) is 218 Å². The van der Waals surface area contributed by atoms with E-state index in [-0.39, 0.29) is 0 Å². The fourth-order valence-electron chi connectivity index (χ4n) is 11.4. The molecular formula is C69H44N6. The first-order valence-electron chi connectivity index (χ1n) is 25.4. The fraction of sp³-hybridized carbons (Fsp3) is 0. The first-order chi connectivity index (χ1) is 37.2. The Morgan fingerprint density at radius 1 is 0.213 bits per heavy atom. The summed E-state index contributed by atoms with van der Waals surface area (Å²) in [5.41, 5.74) is 17.4. The molecule has 0 atom stereocenters. The van der Waals surface area contributed by atoms with Crippen LogP contribution in [0, 0.1) is 0 Å². The minimum atomic E-state index is 0.534. The standard InChI is InChI=1S/C69H44N6/c1-4-17-45(18-5-1)47-31-33-48(34-32-47)49-35-37-51(38-36-49)68-70-67(50-21-8-3-9-22-50)71-69(72-68)75-64-42-39-54(73-61-28-13-10-25-55(61)56-26-11-14-29-62(56)73)44-60(64)59-41-40-58-57-27-12-15-30-63(57)74(65(58)66(59)75)53-24-16-23-52(43-53)46-19-6-2-7-20-46/h1-44H. The van der Waals surface area contributed by atoms with E-state index in [0.717, 1.165) is 94.0 Å². The molecular weight excluding hydrogens is 913 g/mol. The highest BCUT2D eigenvalue weighted by atomic mass is 15.2. The molecule has 4 aromatic heterocycles. The van der Waals surface area contributed by atoms with Crippen LogP contribution < -0.4 is 0 Å². The molecule has 350 valence electrons. The average molecular weight is 957 g/mol. The van der Waals surface area contributed by atoms with Gasteiger partial charge in [0.05, 0.1) is 33.1 Å². The van der Waals surface area contributed by atoms with Gasteiger partial charge in [-0.3, -0.25) is 4.57 Å². The van der Waals surface area contributed by atoms with Crippen LogP contribution >= 0.6 is 0 Å². The highest BCUT2D eigenvalue weighted by Gasteiger charge is 2.25. The van der Waals surface area contributed by atoms with Crippen molar-refractivity contribution >= 4 is 65.4 Å². The summed E-state index contributed by atoms with van der Waals surface area (Å²) < 4.78 is 7.13. The Hall–Kier alpha value is -10.2. The van der Waals surface area contributed by atoms with E-state index in [1.54, 1.807) is 0 Å². The van der Waals surface area contributed by atoms with Crippen molar-refractivity contribution in [3.8, 4) is 73.5 Å². The van der Waals surface area contributed by atoms with Gasteiger partial charge in [-0.05, 0) is 81.9 Å². The number of fused-ring (bicyclic) bond motifs is 10. The van der Waals surface area contributed by atoms with Gasteiger partial charge in [0, 0.05) is 54.8 Å². The Bertz CT molecular complexity index is 4610. The Morgan fingerprint density at radius 3 is 1.17 bits per heavy atom. The molecule has 0 aliphatic rings. The van der Waals surface area contributed by atoms with Gasteiger partial charge in [-0.2, -0.15) is 9.97 Å². The molecule has 6 heteroatoms. The predicted molar refractivity (Wildman–Crippen MR) is 310 cm³/mol. The van der Waals surface area contributed by atoms with Crippen LogP contribution in [0.3, 0.4) is 0 Å². The maximum absolute atomic E-state index is 5.52. The summed E-state index contributed by atoms with van der Waals surface area (Å²) in [4.78, 5) is 16.2.